The largest absolute Gasteiger partial charge is 0.425 e. The van der Waals surface area contributed by atoms with Gasteiger partial charge in [-0.1, -0.05) is 43.3 Å². The first kappa shape index (κ1) is 22.2. The van der Waals surface area contributed by atoms with E-state index in [0.717, 1.165) is 4.57 Å². The van der Waals surface area contributed by atoms with Crippen molar-refractivity contribution in [1.82, 2.24) is 9.13 Å². The lowest BCUT2D eigenvalue weighted by atomic mass is 9.81. The fraction of sp³-hybridized carbons (Fsp3) is 0.200. The second-order valence-corrected chi connectivity index (χ2v) is 8.30. The Balaban J connectivity index is 1.90. The minimum absolute atomic E-state index is 0.103. The van der Waals surface area contributed by atoms with Crippen LogP contribution in [0.2, 0.25) is 0 Å². The number of nitro benzene ring substituents is 1. The van der Waals surface area contributed by atoms with Crippen molar-refractivity contribution in [2.75, 3.05) is 0 Å². The first-order valence-electron chi connectivity index (χ1n) is 10.9. The first-order chi connectivity index (χ1) is 16.7. The lowest BCUT2D eigenvalue weighted by molar-refractivity contribution is -0.384. The van der Waals surface area contributed by atoms with Gasteiger partial charge < -0.3 is 4.74 Å². The molecule has 0 bridgehead atoms. The molecule has 0 N–H and O–H groups in total. The lowest BCUT2D eigenvalue weighted by Crippen LogP contribution is -2.41. The Labute approximate surface area is 198 Å². The number of carbonyl (C=O) groups excluding carboxylic acids is 1. The number of esters is 1. The number of aliphatic imine (C=N–C) groups is 1. The van der Waals surface area contributed by atoms with Gasteiger partial charge in [-0.05, 0) is 5.56 Å². The maximum atomic E-state index is 13.4. The van der Waals surface area contributed by atoms with Crippen molar-refractivity contribution in [2.24, 2.45) is 19.1 Å². The zero-order valence-corrected chi connectivity index (χ0v) is 19.1. The van der Waals surface area contributed by atoms with E-state index in [9.17, 15) is 24.5 Å². The first-order valence-corrected chi connectivity index (χ1v) is 10.9. The molecule has 2 heterocycles. The van der Waals surface area contributed by atoms with Crippen molar-refractivity contribution in [2.45, 2.75) is 19.3 Å². The zero-order chi connectivity index (χ0) is 25.0. The van der Waals surface area contributed by atoms with E-state index in [0.29, 0.717) is 28.0 Å². The predicted octanol–water partition coefficient (Wildman–Crippen LogP) is 2.94. The third kappa shape index (κ3) is 3.25. The van der Waals surface area contributed by atoms with Gasteiger partial charge in [0.15, 0.2) is 0 Å². The van der Waals surface area contributed by atoms with Crippen LogP contribution >= 0.6 is 0 Å². The molecule has 0 saturated heterocycles. The Morgan fingerprint density at radius 2 is 1.71 bits per heavy atom. The van der Waals surface area contributed by atoms with Crippen LogP contribution in [0.1, 0.15) is 41.5 Å². The van der Waals surface area contributed by atoms with Gasteiger partial charge in [-0.2, -0.15) is 0 Å². The maximum Gasteiger partial charge on any atom is 0.332 e. The molecule has 2 aliphatic rings. The molecule has 1 aromatic heterocycles. The molecule has 0 saturated carbocycles. The third-order valence-corrected chi connectivity index (χ3v) is 6.33. The van der Waals surface area contributed by atoms with E-state index in [2.05, 4.69) is 0 Å². The van der Waals surface area contributed by atoms with Gasteiger partial charge in [0.05, 0.1) is 16.2 Å². The summed E-state index contributed by atoms with van der Waals surface area (Å²) in [5.74, 6) is -0.754. The Kier molecular flexibility index (Phi) is 5.08. The Morgan fingerprint density at radius 3 is 2.34 bits per heavy atom. The smallest absolute Gasteiger partial charge is 0.332 e. The molecule has 0 amide bonds. The molecule has 3 aromatic rings. The van der Waals surface area contributed by atoms with E-state index >= 15 is 0 Å². The van der Waals surface area contributed by atoms with Crippen LogP contribution in [0, 0.1) is 10.1 Å². The number of ether oxygens (including phenoxy) is 1. The van der Waals surface area contributed by atoms with E-state index in [1.165, 1.54) is 30.8 Å². The van der Waals surface area contributed by atoms with Crippen LogP contribution < -0.4 is 11.2 Å². The molecule has 10 nitrogen and oxygen atoms in total. The summed E-state index contributed by atoms with van der Waals surface area (Å²) >= 11 is 0. The number of hydrogen-bond acceptors (Lipinski definition) is 7. The van der Waals surface area contributed by atoms with Gasteiger partial charge in [0.2, 0.25) is 0 Å². The molecule has 0 radical (unpaired) electrons. The highest BCUT2D eigenvalue weighted by Gasteiger charge is 2.42. The summed E-state index contributed by atoms with van der Waals surface area (Å²) in [5, 5.41) is 11.2. The number of nitro groups is 1. The fourth-order valence-electron chi connectivity index (χ4n) is 4.59. The van der Waals surface area contributed by atoms with Crippen molar-refractivity contribution < 1.29 is 14.5 Å². The fourth-order valence-corrected chi connectivity index (χ4v) is 4.59. The van der Waals surface area contributed by atoms with Crippen molar-refractivity contribution in [3.8, 4) is 0 Å². The van der Waals surface area contributed by atoms with Gasteiger partial charge in [0.1, 0.15) is 11.6 Å². The third-order valence-electron chi connectivity index (χ3n) is 6.33. The number of benzene rings is 2. The number of non-ortho nitro benzene ring substituents is 1. The van der Waals surface area contributed by atoms with Crippen molar-refractivity contribution >= 4 is 28.9 Å². The summed E-state index contributed by atoms with van der Waals surface area (Å²) in [6.07, 6.45) is 0.139. The molecule has 176 valence electrons. The van der Waals surface area contributed by atoms with Crippen molar-refractivity contribution in [1.29, 1.82) is 0 Å². The minimum atomic E-state index is -0.782. The number of fused-ring (bicyclic) bond motifs is 4. The average Bonchev–Trinajstić information content (AvgIpc) is 3.18. The topological polar surface area (TPSA) is 126 Å². The number of allylic oxidation sites excluding steroid dienone is 1. The summed E-state index contributed by atoms with van der Waals surface area (Å²) in [4.78, 5) is 54.0. The van der Waals surface area contributed by atoms with E-state index < -0.39 is 28.1 Å². The summed E-state index contributed by atoms with van der Waals surface area (Å²) in [6, 6.07) is 13.1. The van der Waals surface area contributed by atoms with Crippen LogP contribution in [0.5, 0.6) is 0 Å². The second-order valence-electron chi connectivity index (χ2n) is 8.30. The number of hydrogen-bond donors (Lipinski definition) is 0. The predicted molar refractivity (Wildman–Crippen MR) is 128 cm³/mol. The lowest BCUT2D eigenvalue weighted by Gasteiger charge is -2.27. The quantitative estimate of drug-likeness (QED) is 0.327. The Bertz CT molecular complexity index is 1610. The van der Waals surface area contributed by atoms with Gasteiger partial charge in [0, 0.05) is 55.3 Å². The summed E-state index contributed by atoms with van der Waals surface area (Å²) < 4.78 is 8.08. The number of carbonyl (C=O) groups is 1. The molecule has 1 aliphatic carbocycles. The van der Waals surface area contributed by atoms with Gasteiger partial charge in [-0.3, -0.25) is 28.8 Å². The summed E-state index contributed by atoms with van der Waals surface area (Å²) in [5.41, 5.74) is 1.94. The minimum Gasteiger partial charge on any atom is -0.425 e. The van der Waals surface area contributed by atoms with E-state index in [1.54, 1.807) is 31.2 Å². The van der Waals surface area contributed by atoms with Crippen LogP contribution in [0.3, 0.4) is 0 Å². The van der Waals surface area contributed by atoms with Crippen LogP contribution in [-0.4, -0.2) is 25.7 Å². The normalized spacial score (nSPS) is 15.7. The second kappa shape index (κ2) is 8.01. The molecule has 1 aliphatic heterocycles. The van der Waals surface area contributed by atoms with Crippen molar-refractivity contribution in [3.05, 3.63) is 107 Å². The zero-order valence-electron chi connectivity index (χ0n) is 19.1. The van der Waals surface area contributed by atoms with Gasteiger partial charge in [0.25, 0.3) is 11.2 Å². The Hall–Kier alpha value is -4.60. The average molecular weight is 472 g/mol. The van der Waals surface area contributed by atoms with Crippen LogP contribution in [-0.2, 0) is 23.6 Å². The highest BCUT2D eigenvalue weighted by atomic mass is 16.6. The van der Waals surface area contributed by atoms with Crippen LogP contribution in [0.4, 0.5) is 11.5 Å². The molecular weight excluding hydrogens is 452 g/mol. The highest BCUT2D eigenvalue weighted by molar-refractivity contribution is 6.25. The molecule has 5 rings (SSSR count). The molecule has 2 aromatic carbocycles. The highest BCUT2D eigenvalue weighted by Crippen LogP contribution is 2.49. The molecule has 0 fully saturated rings. The van der Waals surface area contributed by atoms with Gasteiger partial charge in [-0.15, -0.1) is 0 Å². The van der Waals surface area contributed by atoms with Gasteiger partial charge >= 0.3 is 11.7 Å². The number of rotatable bonds is 4. The molecule has 35 heavy (non-hydrogen) atoms. The monoisotopic (exact) mass is 472 g/mol. The summed E-state index contributed by atoms with van der Waals surface area (Å²) in [6.45, 7) is 1.68. The maximum absolute atomic E-state index is 13.4. The molecular formula is C25H20N4O6. The Morgan fingerprint density at radius 1 is 1.06 bits per heavy atom. The molecule has 1 unspecified atom stereocenters. The van der Waals surface area contributed by atoms with E-state index in [-0.39, 0.29) is 29.2 Å². The van der Waals surface area contributed by atoms with Crippen LogP contribution in [0.15, 0.2) is 68.7 Å². The number of nitrogens with zero attached hydrogens (tertiary/aromatic N) is 4. The molecule has 1 atom stereocenters. The molecule has 10 heteroatoms. The van der Waals surface area contributed by atoms with Gasteiger partial charge in [-0.25, -0.2) is 9.79 Å². The van der Waals surface area contributed by atoms with Crippen LogP contribution in [0.25, 0.3) is 5.76 Å². The summed E-state index contributed by atoms with van der Waals surface area (Å²) in [7, 11) is 2.91. The van der Waals surface area contributed by atoms with Crippen molar-refractivity contribution in [3.63, 3.8) is 0 Å². The number of aromatic nitrogens is 2. The SMILES string of the molecule is CCC(=O)OC1=C2C(=Nc3c(c(=O)n(C)c(=O)n3C)C2c2ccc([N+](=O)[O-])cc2)c2ccccc21. The standard InChI is InChI=1S/C25H20N4O6/c1-4-17(30)35-22-16-8-6-5-7-15(16)21-19(22)18(13-9-11-14(12-10-13)29(33)34)20-23(26-21)27(2)25(32)28(3)24(20)31/h5-12,18H,4H2,1-3H3. The van der Waals surface area contributed by atoms with E-state index in [4.69, 9.17) is 9.73 Å². The molecule has 0 spiro atoms. The van der Waals surface area contributed by atoms with E-state index in [1.807, 2.05) is 12.1 Å².